The Morgan fingerprint density at radius 1 is 1.20 bits per heavy atom. The van der Waals surface area contributed by atoms with Gasteiger partial charge in [-0.2, -0.15) is 0 Å². The van der Waals surface area contributed by atoms with E-state index in [0.717, 1.165) is 3.57 Å². The molecule has 2 rings (SSSR count). The average Bonchev–Trinajstić information content (AvgIpc) is 2.41. The Labute approximate surface area is 129 Å². The zero-order chi connectivity index (χ0) is 14.7. The Kier molecular flexibility index (Phi) is 4.33. The number of hydrogen-bond acceptors (Lipinski definition) is 3. The van der Waals surface area contributed by atoms with Crippen LogP contribution < -0.4 is 5.32 Å². The van der Waals surface area contributed by atoms with Crippen molar-refractivity contribution in [3.8, 4) is 0 Å². The average molecular weight is 382 g/mol. The predicted octanol–water partition coefficient (Wildman–Crippen LogP) is 3.76. The number of nitrogens with zero attached hydrogens (tertiary/aromatic N) is 1. The number of nitro groups is 1. The molecule has 1 amide bonds. The van der Waals surface area contributed by atoms with E-state index < -0.39 is 4.92 Å². The van der Waals surface area contributed by atoms with Crippen molar-refractivity contribution in [2.75, 3.05) is 5.32 Å². The number of amides is 1. The smallest absolute Gasteiger partial charge is 0.269 e. The second-order valence-electron chi connectivity index (χ2n) is 4.22. The topological polar surface area (TPSA) is 72.2 Å². The maximum atomic E-state index is 12.0. The van der Waals surface area contributed by atoms with Gasteiger partial charge in [-0.05, 0) is 65.4 Å². The molecule has 1 N–H and O–H groups in total. The normalized spacial score (nSPS) is 10.1. The summed E-state index contributed by atoms with van der Waals surface area (Å²) in [4.78, 5) is 22.2. The van der Waals surface area contributed by atoms with Crippen molar-refractivity contribution < 1.29 is 9.72 Å². The Balaban J connectivity index is 2.19. The molecular formula is C14H11IN2O3. The lowest BCUT2D eigenvalue weighted by atomic mass is 10.1. The van der Waals surface area contributed by atoms with E-state index in [4.69, 9.17) is 0 Å². The monoisotopic (exact) mass is 382 g/mol. The number of hydrogen-bond donors (Lipinski definition) is 1. The fourth-order valence-corrected chi connectivity index (χ4v) is 2.06. The summed E-state index contributed by atoms with van der Waals surface area (Å²) in [5.74, 6) is -0.238. The van der Waals surface area contributed by atoms with Gasteiger partial charge in [-0.15, -0.1) is 0 Å². The minimum Gasteiger partial charge on any atom is -0.322 e. The van der Waals surface area contributed by atoms with Crippen LogP contribution in [0.5, 0.6) is 0 Å². The predicted molar refractivity (Wildman–Crippen MR) is 84.9 cm³/mol. The van der Waals surface area contributed by atoms with Crippen LogP contribution in [0.4, 0.5) is 11.4 Å². The van der Waals surface area contributed by atoms with E-state index >= 15 is 0 Å². The van der Waals surface area contributed by atoms with Gasteiger partial charge in [-0.1, -0.05) is 0 Å². The van der Waals surface area contributed by atoms with Gasteiger partial charge in [0.15, 0.2) is 0 Å². The number of nitro benzene ring substituents is 1. The standard InChI is InChI=1S/C14H11IN2O3/c1-9-8-12(17(19)20)6-7-13(9)16-14(18)10-2-4-11(15)5-3-10/h2-8H,1H3,(H,16,18). The molecule has 0 aliphatic carbocycles. The second kappa shape index (κ2) is 6.00. The first-order valence-electron chi connectivity index (χ1n) is 5.79. The third kappa shape index (κ3) is 3.32. The molecule has 2 aromatic rings. The summed E-state index contributed by atoms with van der Waals surface area (Å²) >= 11 is 2.16. The Hall–Kier alpha value is -1.96. The maximum Gasteiger partial charge on any atom is 0.269 e. The van der Waals surface area contributed by atoms with E-state index in [0.29, 0.717) is 16.8 Å². The number of aryl methyl sites for hydroxylation is 1. The van der Waals surface area contributed by atoms with Gasteiger partial charge in [0.25, 0.3) is 11.6 Å². The van der Waals surface area contributed by atoms with Gasteiger partial charge in [0.05, 0.1) is 4.92 Å². The molecule has 0 unspecified atom stereocenters. The van der Waals surface area contributed by atoms with Crippen LogP contribution in [0.1, 0.15) is 15.9 Å². The zero-order valence-corrected chi connectivity index (χ0v) is 12.7. The Morgan fingerprint density at radius 2 is 1.85 bits per heavy atom. The quantitative estimate of drug-likeness (QED) is 0.499. The van der Waals surface area contributed by atoms with Crippen molar-refractivity contribution in [1.82, 2.24) is 0 Å². The van der Waals surface area contributed by atoms with Gasteiger partial charge in [0, 0.05) is 27.0 Å². The highest BCUT2D eigenvalue weighted by Gasteiger charge is 2.11. The van der Waals surface area contributed by atoms with Gasteiger partial charge >= 0.3 is 0 Å². The van der Waals surface area contributed by atoms with Crippen molar-refractivity contribution in [3.05, 3.63) is 67.3 Å². The summed E-state index contributed by atoms with van der Waals surface area (Å²) in [6, 6.07) is 11.5. The molecule has 0 saturated carbocycles. The summed E-state index contributed by atoms with van der Waals surface area (Å²) in [7, 11) is 0. The molecule has 5 nitrogen and oxygen atoms in total. The van der Waals surface area contributed by atoms with Crippen LogP contribution in [0.3, 0.4) is 0 Å². The van der Waals surface area contributed by atoms with Gasteiger partial charge in [0.1, 0.15) is 0 Å². The lowest BCUT2D eigenvalue weighted by Gasteiger charge is -2.08. The highest BCUT2D eigenvalue weighted by atomic mass is 127. The number of benzene rings is 2. The largest absolute Gasteiger partial charge is 0.322 e. The van der Waals surface area contributed by atoms with Crippen LogP contribution in [-0.2, 0) is 0 Å². The van der Waals surface area contributed by atoms with Gasteiger partial charge in [0.2, 0.25) is 0 Å². The van der Waals surface area contributed by atoms with E-state index in [9.17, 15) is 14.9 Å². The molecule has 0 heterocycles. The molecule has 0 bridgehead atoms. The summed E-state index contributed by atoms with van der Waals surface area (Å²) in [5, 5.41) is 13.4. The number of rotatable bonds is 3. The number of carbonyl (C=O) groups is 1. The van der Waals surface area contributed by atoms with Crippen molar-refractivity contribution in [2.45, 2.75) is 6.92 Å². The van der Waals surface area contributed by atoms with Crippen LogP contribution >= 0.6 is 22.6 Å². The number of carbonyl (C=O) groups excluding carboxylic acids is 1. The first-order chi connectivity index (χ1) is 9.47. The van der Waals surface area contributed by atoms with E-state index in [1.807, 2.05) is 12.1 Å². The second-order valence-corrected chi connectivity index (χ2v) is 5.46. The van der Waals surface area contributed by atoms with E-state index in [-0.39, 0.29) is 11.6 Å². The molecular weight excluding hydrogens is 371 g/mol. The molecule has 0 aliphatic heterocycles. The van der Waals surface area contributed by atoms with Crippen LogP contribution in [0.2, 0.25) is 0 Å². The summed E-state index contributed by atoms with van der Waals surface area (Å²) in [5.41, 5.74) is 1.77. The molecule has 0 fully saturated rings. The Morgan fingerprint density at radius 3 is 2.40 bits per heavy atom. The number of anilines is 1. The molecule has 0 aromatic heterocycles. The lowest BCUT2D eigenvalue weighted by molar-refractivity contribution is -0.384. The van der Waals surface area contributed by atoms with E-state index in [1.165, 1.54) is 18.2 Å². The highest BCUT2D eigenvalue weighted by Crippen LogP contribution is 2.21. The fraction of sp³-hybridized carbons (Fsp3) is 0.0714. The summed E-state index contributed by atoms with van der Waals surface area (Å²) < 4.78 is 1.05. The van der Waals surface area contributed by atoms with Crippen LogP contribution in [-0.4, -0.2) is 10.8 Å². The van der Waals surface area contributed by atoms with Crippen LogP contribution in [0.15, 0.2) is 42.5 Å². The minimum absolute atomic E-state index is 0.00904. The van der Waals surface area contributed by atoms with Gasteiger partial charge in [-0.25, -0.2) is 0 Å². The molecule has 0 spiro atoms. The fourth-order valence-electron chi connectivity index (χ4n) is 1.70. The first-order valence-corrected chi connectivity index (χ1v) is 6.87. The molecule has 0 atom stereocenters. The number of halogens is 1. The maximum absolute atomic E-state index is 12.0. The SMILES string of the molecule is Cc1cc([N+](=O)[O-])ccc1NC(=O)c1ccc(I)cc1. The third-order valence-electron chi connectivity index (χ3n) is 2.78. The molecule has 20 heavy (non-hydrogen) atoms. The van der Waals surface area contributed by atoms with Crippen molar-refractivity contribution in [1.29, 1.82) is 0 Å². The van der Waals surface area contributed by atoms with Gasteiger partial charge in [-0.3, -0.25) is 14.9 Å². The lowest BCUT2D eigenvalue weighted by Crippen LogP contribution is -2.12. The van der Waals surface area contributed by atoms with Crippen molar-refractivity contribution >= 4 is 39.9 Å². The van der Waals surface area contributed by atoms with E-state index in [2.05, 4.69) is 27.9 Å². The molecule has 0 radical (unpaired) electrons. The first kappa shape index (κ1) is 14.4. The van der Waals surface area contributed by atoms with E-state index in [1.54, 1.807) is 19.1 Å². The van der Waals surface area contributed by atoms with Crippen LogP contribution in [0, 0.1) is 20.6 Å². The molecule has 0 aliphatic rings. The number of nitrogens with one attached hydrogen (secondary N) is 1. The van der Waals surface area contributed by atoms with Crippen molar-refractivity contribution in [2.24, 2.45) is 0 Å². The highest BCUT2D eigenvalue weighted by molar-refractivity contribution is 14.1. The molecule has 6 heteroatoms. The van der Waals surface area contributed by atoms with Crippen LogP contribution in [0.25, 0.3) is 0 Å². The summed E-state index contributed by atoms with van der Waals surface area (Å²) in [6.07, 6.45) is 0. The summed E-state index contributed by atoms with van der Waals surface area (Å²) in [6.45, 7) is 1.72. The molecule has 102 valence electrons. The minimum atomic E-state index is -0.461. The Bertz CT molecular complexity index is 669. The van der Waals surface area contributed by atoms with Gasteiger partial charge < -0.3 is 5.32 Å². The van der Waals surface area contributed by atoms with Crippen molar-refractivity contribution in [3.63, 3.8) is 0 Å². The zero-order valence-electron chi connectivity index (χ0n) is 10.6. The third-order valence-corrected chi connectivity index (χ3v) is 3.49. The molecule has 2 aromatic carbocycles. The molecule has 0 saturated heterocycles. The number of non-ortho nitro benzene ring substituents is 1.